The predicted molar refractivity (Wildman–Crippen MR) is 59.2 cm³/mol. The number of aliphatic hydroxyl groups is 1. The summed E-state index contributed by atoms with van der Waals surface area (Å²) in [6.45, 7) is 0. The molecule has 2 unspecified atom stereocenters. The van der Waals surface area contributed by atoms with E-state index in [0.29, 0.717) is 0 Å². The zero-order chi connectivity index (χ0) is 16.8. The Labute approximate surface area is 116 Å². The molecule has 0 aliphatic carbocycles. The molecule has 0 heterocycles. The Morgan fingerprint density at radius 3 is 1.76 bits per heavy atom. The van der Waals surface area contributed by atoms with Crippen LogP contribution in [-0.4, -0.2) is 67.1 Å². The monoisotopic (exact) mass is 308 g/mol. The van der Waals surface area contributed by atoms with Gasteiger partial charge in [0.2, 0.25) is 6.10 Å². The minimum Gasteiger partial charge on any atom is -0.481 e. The lowest BCUT2D eigenvalue weighted by Crippen LogP contribution is -2.44. The third kappa shape index (κ3) is 6.33. The van der Waals surface area contributed by atoms with Crippen molar-refractivity contribution in [3.8, 4) is 0 Å². The molecule has 0 radical (unpaired) electrons. The van der Waals surface area contributed by atoms with E-state index in [4.69, 9.17) is 20.4 Å². The predicted octanol–water partition coefficient (Wildman–Crippen LogP) is -1.86. The number of carbonyl (C=O) groups excluding carboxylic acids is 1. The minimum atomic E-state index is -2.99. The van der Waals surface area contributed by atoms with Gasteiger partial charge >= 0.3 is 29.8 Å². The Morgan fingerprint density at radius 2 is 1.43 bits per heavy atom. The fourth-order valence-electron chi connectivity index (χ4n) is 1.24. The summed E-state index contributed by atoms with van der Waals surface area (Å²) in [5.41, 5.74) is -2.99. The number of hydrogen-bond acceptors (Lipinski definition) is 7. The molecule has 0 spiro atoms. The summed E-state index contributed by atoms with van der Waals surface area (Å²) < 4.78 is 4.21. The van der Waals surface area contributed by atoms with Crippen LogP contribution in [-0.2, 0) is 28.7 Å². The van der Waals surface area contributed by atoms with E-state index in [-0.39, 0.29) is 0 Å². The van der Waals surface area contributed by atoms with Crippen molar-refractivity contribution in [2.24, 2.45) is 0 Å². The van der Waals surface area contributed by atoms with Gasteiger partial charge in [-0.2, -0.15) is 0 Å². The van der Waals surface area contributed by atoms with Crippen molar-refractivity contribution in [1.82, 2.24) is 0 Å². The summed E-state index contributed by atoms with van der Waals surface area (Å²) in [5.74, 6) is -8.67. The maximum absolute atomic E-state index is 11.3. The van der Waals surface area contributed by atoms with E-state index in [9.17, 15) is 29.1 Å². The first-order valence-electron chi connectivity index (χ1n) is 5.29. The second-order valence-electron chi connectivity index (χ2n) is 4.00. The number of carbonyl (C=O) groups is 5. The Hall–Kier alpha value is -2.69. The highest BCUT2D eigenvalue weighted by atomic mass is 16.6. The van der Waals surface area contributed by atoms with Crippen LogP contribution >= 0.6 is 0 Å². The average Bonchev–Trinajstić information content (AvgIpc) is 2.25. The lowest BCUT2D eigenvalue weighted by atomic mass is 9.96. The molecule has 5 N–H and O–H groups in total. The van der Waals surface area contributed by atoms with E-state index in [2.05, 4.69) is 4.74 Å². The van der Waals surface area contributed by atoms with Crippen LogP contribution in [0.15, 0.2) is 0 Å². The summed E-state index contributed by atoms with van der Waals surface area (Å²) in [7, 11) is 0. The Kier molecular flexibility index (Phi) is 6.27. The number of ether oxygens (including phenoxy) is 1. The number of hydrogen-bond donors (Lipinski definition) is 5. The van der Waals surface area contributed by atoms with E-state index in [1.54, 1.807) is 0 Å². The Morgan fingerprint density at radius 1 is 0.905 bits per heavy atom. The van der Waals surface area contributed by atoms with E-state index < -0.39 is 60.8 Å². The molecule has 2 atom stereocenters. The van der Waals surface area contributed by atoms with Gasteiger partial charge in [0.25, 0.3) is 0 Å². The van der Waals surface area contributed by atoms with Gasteiger partial charge in [-0.25, -0.2) is 9.59 Å². The Balaban J connectivity index is 4.91. The number of aliphatic carboxylic acids is 4. The van der Waals surface area contributed by atoms with Crippen molar-refractivity contribution in [2.75, 3.05) is 0 Å². The third-order valence-corrected chi connectivity index (χ3v) is 2.19. The number of rotatable bonds is 9. The van der Waals surface area contributed by atoms with Crippen molar-refractivity contribution < 1.29 is 54.2 Å². The largest absolute Gasteiger partial charge is 0.481 e. The van der Waals surface area contributed by atoms with Crippen LogP contribution < -0.4 is 0 Å². The van der Waals surface area contributed by atoms with Gasteiger partial charge in [-0.3, -0.25) is 14.4 Å². The van der Waals surface area contributed by atoms with E-state index >= 15 is 0 Å². The average molecular weight is 308 g/mol. The van der Waals surface area contributed by atoms with Gasteiger partial charge in [0.05, 0.1) is 19.3 Å². The van der Waals surface area contributed by atoms with Crippen LogP contribution in [0.3, 0.4) is 0 Å². The lowest BCUT2D eigenvalue weighted by Gasteiger charge is -2.21. The molecule has 21 heavy (non-hydrogen) atoms. The second-order valence-corrected chi connectivity index (χ2v) is 4.00. The minimum absolute atomic E-state index is 1.08. The van der Waals surface area contributed by atoms with Crippen molar-refractivity contribution in [1.29, 1.82) is 0 Å². The van der Waals surface area contributed by atoms with Crippen LogP contribution in [0.5, 0.6) is 0 Å². The standard InChI is InChI=1S/C10H12O11/c11-5(12)1-4(8(16)17)21-7(15)3-10(20,9(18)19)2-6(13)14/h4,20H,1-3H2,(H,11,12)(H,13,14)(H,16,17)(H,18,19). The Bertz CT molecular complexity index is 468. The van der Waals surface area contributed by atoms with Gasteiger partial charge in [0.15, 0.2) is 5.60 Å². The van der Waals surface area contributed by atoms with Crippen LogP contribution in [0.4, 0.5) is 0 Å². The van der Waals surface area contributed by atoms with E-state index in [1.807, 2.05) is 0 Å². The first kappa shape index (κ1) is 18.3. The van der Waals surface area contributed by atoms with Gasteiger partial charge in [-0.1, -0.05) is 0 Å². The molecule has 0 saturated heterocycles. The highest BCUT2D eigenvalue weighted by Crippen LogP contribution is 2.18. The molecule has 0 fully saturated rings. The SMILES string of the molecule is O=C(O)CC(OC(=O)CC(O)(CC(=O)O)C(=O)O)C(=O)O. The maximum Gasteiger partial charge on any atom is 0.345 e. The smallest absolute Gasteiger partial charge is 0.345 e. The summed E-state index contributed by atoms with van der Waals surface area (Å²) in [6.07, 6.45) is -5.84. The van der Waals surface area contributed by atoms with Gasteiger partial charge < -0.3 is 30.3 Å². The molecule has 0 aromatic rings. The molecule has 11 heteroatoms. The molecule has 0 amide bonds. The van der Waals surface area contributed by atoms with Gasteiger partial charge in [-0.15, -0.1) is 0 Å². The van der Waals surface area contributed by atoms with Crippen LogP contribution in [0, 0.1) is 0 Å². The molecule has 0 saturated carbocycles. The topological polar surface area (TPSA) is 196 Å². The number of carboxylic acids is 4. The first-order valence-corrected chi connectivity index (χ1v) is 5.29. The summed E-state index contributed by atoms with van der Waals surface area (Å²) >= 11 is 0. The number of esters is 1. The fourth-order valence-corrected chi connectivity index (χ4v) is 1.24. The summed E-state index contributed by atoms with van der Waals surface area (Å²) in [6, 6.07) is 0. The van der Waals surface area contributed by atoms with Gasteiger partial charge in [0, 0.05) is 0 Å². The summed E-state index contributed by atoms with van der Waals surface area (Å²) in [5, 5.41) is 43.7. The van der Waals surface area contributed by atoms with Crippen molar-refractivity contribution in [2.45, 2.75) is 31.0 Å². The van der Waals surface area contributed by atoms with Crippen LogP contribution in [0.2, 0.25) is 0 Å². The highest BCUT2D eigenvalue weighted by molar-refractivity contribution is 5.89. The molecule has 0 aromatic carbocycles. The molecule has 0 aliphatic rings. The molecule has 118 valence electrons. The zero-order valence-electron chi connectivity index (χ0n) is 10.4. The molecular formula is C10H12O11. The first-order chi connectivity index (χ1) is 9.47. The third-order valence-electron chi connectivity index (χ3n) is 2.19. The molecule has 0 rings (SSSR count). The lowest BCUT2D eigenvalue weighted by molar-refractivity contribution is -0.177. The van der Waals surface area contributed by atoms with E-state index in [1.165, 1.54) is 0 Å². The molecule has 11 nitrogen and oxygen atoms in total. The van der Waals surface area contributed by atoms with Crippen LogP contribution in [0.25, 0.3) is 0 Å². The highest BCUT2D eigenvalue weighted by Gasteiger charge is 2.42. The molecule has 0 aromatic heterocycles. The fraction of sp³-hybridized carbons (Fsp3) is 0.500. The zero-order valence-corrected chi connectivity index (χ0v) is 10.4. The van der Waals surface area contributed by atoms with E-state index in [0.717, 1.165) is 0 Å². The summed E-state index contributed by atoms with van der Waals surface area (Å²) in [4.78, 5) is 53.5. The van der Waals surface area contributed by atoms with Gasteiger partial charge in [-0.05, 0) is 0 Å². The normalized spacial score (nSPS) is 14.5. The van der Waals surface area contributed by atoms with Crippen molar-refractivity contribution >= 4 is 29.8 Å². The quantitative estimate of drug-likeness (QED) is 0.299. The second kappa shape index (κ2) is 7.19. The molecular weight excluding hydrogens is 296 g/mol. The van der Waals surface area contributed by atoms with Gasteiger partial charge in [0.1, 0.15) is 0 Å². The number of carboxylic acid groups (broad SMARTS) is 4. The van der Waals surface area contributed by atoms with Crippen molar-refractivity contribution in [3.05, 3.63) is 0 Å². The molecule has 0 bridgehead atoms. The maximum atomic E-state index is 11.3. The van der Waals surface area contributed by atoms with Crippen molar-refractivity contribution in [3.63, 3.8) is 0 Å². The van der Waals surface area contributed by atoms with Crippen LogP contribution in [0.1, 0.15) is 19.3 Å². The molecule has 0 aliphatic heterocycles.